The van der Waals surface area contributed by atoms with E-state index in [1.54, 1.807) is 30.3 Å². The Morgan fingerprint density at radius 2 is 1.72 bits per heavy atom. The summed E-state index contributed by atoms with van der Waals surface area (Å²) < 4.78 is 58.0. The van der Waals surface area contributed by atoms with Crippen molar-refractivity contribution in [3.63, 3.8) is 0 Å². The Balaban J connectivity index is 1.63. The van der Waals surface area contributed by atoms with E-state index < -0.39 is 26.7 Å². The van der Waals surface area contributed by atoms with Gasteiger partial charge < -0.3 is 18.9 Å². The molecular weight excluding hydrogens is 619 g/mol. The lowest BCUT2D eigenvalue weighted by molar-refractivity contribution is -0.383. The maximum atomic E-state index is 13.7. The number of amides is 1. The molecule has 4 aromatic carbocycles. The molecule has 1 N–H and O–H groups in total. The number of oxazole rings is 1. The molecule has 0 saturated heterocycles. The summed E-state index contributed by atoms with van der Waals surface area (Å²) in [6.45, 7) is 0. The zero-order valence-corrected chi connectivity index (χ0v) is 25.6. The SMILES string of the molecule is CNC(=O)c1c(-c2ccc(F)cc2)oc2cc(N(C)S(C)(=O)=O)c(-c3ccc(OC)c(-c4nc5c([N+](=O)[O-])cccc5o4)c3)cc12. The number of aromatic nitrogens is 1. The van der Waals surface area contributed by atoms with Gasteiger partial charge in [0.15, 0.2) is 11.1 Å². The molecule has 1 amide bonds. The van der Waals surface area contributed by atoms with E-state index in [9.17, 15) is 27.7 Å². The second kappa shape index (κ2) is 11.3. The molecule has 0 saturated carbocycles. The summed E-state index contributed by atoms with van der Waals surface area (Å²) in [5.74, 6) is -0.399. The summed E-state index contributed by atoms with van der Waals surface area (Å²) in [6.07, 6.45) is 1.05. The van der Waals surface area contributed by atoms with Gasteiger partial charge in [-0.25, -0.2) is 17.8 Å². The number of ether oxygens (including phenoxy) is 1. The van der Waals surface area contributed by atoms with Crippen LogP contribution in [0.15, 0.2) is 81.6 Å². The molecule has 0 aliphatic rings. The molecule has 2 aromatic heterocycles. The molecule has 0 radical (unpaired) electrons. The first-order valence-corrected chi connectivity index (χ1v) is 15.5. The number of methoxy groups -OCH3 is 1. The Labute approximate surface area is 261 Å². The number of fused-ring (bicyclic) bond motifs is 2. The molecule has 6 rings (SSSR count). The summed E-state index contributed by atoms with van der Waals surface area (Å²) in [5.41, 5.74) is 2.26. The van der Waals surface area contributed by atoms with Gasteiger partial charge in [-0.15, -0.1) is 0 Å². The number of benzene rings is 4. The number of nitro benzene ring substituents is 1. The van der Waals surface area contributed by atoms with E-state index in [0.29, 0.717) is 33.4 Å². The predicted molar refractivity (Wildman–Crippen MR) is 170 cm³/mol. The number of hydrogen-bond donors (Lipinski definition) is 1. The summed E-state index contributed by atoms with van der Waals surface area (Å²) in [7, 11) is 0.495. The van der Waals surface area contributed by atoms with E-state index >= 15 is 0 Å². The minimum atomic E-state index is -3.79. The molecule has 0 aliphatic heterocycles. The number of furan rings is 1. The Morgan fingerprint density at radius 3 is 2.37 bits per heavy atom. The van der Waals surface area contributed by atoms with Gasteiger partial charge in [0.25, 0.3) is 11.6 Å². The van der Waals surface area contributed by atoms with E-state index in [-0.39, 0.29) is 45.3 Å². The largest absolute Gasteiger partial charge is 0.496 e. The number of para-hydroxylation sites is 1. The second-order valence-corrected chi connectivity index (χ2v) is 12.3. The summed E-state index contributed by atoms with van der Waals surface area (Å²) in [6, 6.07) is 17.9. The van der Waals surface area contributed by atoms with Crippen LogP contribution in [-0.4, -0.2) is 51.7 Å². The van der Waals surface area contributed by atoms with Crippen LogP contribution in [0.3, 0.4) is 0 Å². The fourth-order valence-corrected chi connectivity index (χ4v) is 5.71. The van der Waals surface area contributed by atoms with Crippen molar-refractivity contribution >= 4 is 49.4 Å². The van der Waals surface area contributed by atoms with Gasteiger partial charge in [0.2, 0.25) is 15.9 Å². The van der Waals surface area contributed by atoms with Gasteiger partial charge in [-0.3, -0.25) is 19.2 Å². The molecule has 0 aliphatic carbocycles. The molecule has 0 bridgehead atoms. The first kappa shape index (κ1) is 30.3. The molecule has 12 nitrogen and oxygen atoms in total. The normalized spacial score (nSPS) is 11.6. The van der Waals surface area contributed by atoms with Gasteiger partial charge in [-0.2, -0.15) is 0 Å². The number of carbonyl (C=O) groups excluding carboxylic acids is 1. The average molecular weight is 645 g/mol. The Kier molecular flexibility index (Phi) is 7.44. The van der Waals surface area contributed by atoms with Gasteiger partial charge >= 0.3 is 0 Å². The lowest BCUT2D eigenvalue weighted by atomic mass is 9.97. The van der Waals surface area contributed by atoms with E-state index in [1.807, 2.05) is 0 Å². The third-order valence-electron chi connectivity index (χ3n) is 7.54. The van der Waals surface area contributed by atoms with Crippen molar-refractivity contribution in [2.75, 3.05) is 31.8 Å². The van der Waals surface area contributed by atoms with Gasteiger partial charge in [0.1, 0.15) is 22.9 Å². The van der Waals surface area contributed by atoms with Crippen LogP contribution in [0.25, 0.3) is 56.0 Å². The highest BCUT2D eigenvalue weighted by atomic mass is 32.2. The number of anilines is 1. The van der Waals surface area contributed by atoms with Crippen molar-refractivity contribution in [2.24, 2.45) is 0 Å². The van der Waals surface area contributed by atoms with Crippen molar-refractivity contribution in [1.82, 2.24) is 10.3 Å². The second-order valence-electron chi connectivity index (χ2n) is 10.3. The zero-order chi connectivity index (χ0) is 32.9. The number of rotatable bonds is 8. The summed E-state index contributed by atoms with van der Waals surface area (Å²) >= 11 is 0. The van der Waals surface area contributed by atoms with Crippen LogP contribution >= 0.6 is 0 Å². The number of hydrogen-bond acceptors (Lipinski definition) is 9. The van der Waals surface area contributed by atoms with Crippen LogP contribution in [0.1, 0.15) is 10.4 Å². The van der Waals surface area contributed by atoms with Crippen LogP contribution in [0.4, 0.5) is 15.8 Å². The number of halogens is 1. The molecule has 46 heavy (non-hydrogen) atoms. The standard InChI is InChI=1S/C32H25FN4O8S/c1-34-31(38)28-21-15-20(24(36(2)46(4,41)42)16-27(21)44-30(28)17-8-11-19(33)12-9-17)18-10-13-25(43-3)22(14-18)32-35-29-23(37(39)40)6-5-7-26(29)45-32/h5-16H,1-4H3,(H,34,38). The molecule has 0 spiro atoms. The number of sulfonamides is 1. The van der Waals surface area contributed by atoms with Crippen LogP contribution in [-0.2, 0) is 10.0 Å². The molecular formula is C32H25FN4O8S. The van der Waals surface area contributed by atoms with Crippen LogP contribution < -0.4 is 14.4 Å². The molecule has 0 atom stereocenters. The molecule has 6 aromatic rings. The van der Waals surface area contributed by atoms with Crippen LogP contribution in [0, 0.1) is 15.9 Å². The molecule has 14 heteroatoms. The minimum absolute atomic E-state index is 0.0371. The third-order valence-corrected chi connectivity index (χ3v) is 8.73. The number of non-ortho nitro benzene ring substituents is 1. The molecule has 234 valence electrons. The minimum Gasteiger partial charge on any atom is -0.496 e. The van der Waals surface area contributed by atoms with Gasteiger partial charge in [0.05, 0.1) is 35.1 Å². The zero-order valence-electron chi connectivity index (χ0n) is 24.8. The highest BCUT2D eigenvalue weighted by Crippen LogP contribution is 2.44. The summed E-state index contributed by atoms with van der Waals surface area (Å²) in [5, 5.41) is 14.6. The molecule has 2 heterocycles. The lowest BCUT2D eigenvalue weighted by Crippen LogP contribution is -2.25. The first-order valence-electron chi connectivity index (χ1n) is 13.7. The highest BCUT2D eigenvalue weighted by molar-refractivity contribution is 7.92. The van der Waals surface area contributed by atoms with Crippen molar-refractivity contribution in [3.05, 3.63) is 94.3 Å². The maximum absolute atomic E-state index is 13.7. The van der Waals surface area contributed by atoms with Crippen molar-refractivity contribution < 1.29 is 36.1 Å². The molecule has 0 fully saturated rings. The van der Waals surface area contributed by atoms with Crippen LogP contribution in [0.2, 0.25) is 0 Å². The van der Waals surface area contributed by atoms with Gasteiger partial charge in [-0.05, 0) is 54.1 Å². The van der Waals surface area contributed by atoms with Crippen molar-refractivity contribution in [1.29, 1.82) is 0 Å². The number of nitro groups is 1. The Bertz CT molecular complexity index is 2300. The first-order chi connectivity index (χ1) is 21.9. The number of nitrogens with one attached hydrogen (secondary N) is 1. The van der Waals surface area contributed by atoms with Gasteiger partial charge in [0, 0.05) is 42.7 Å². The molecule has 0 unspecified atom stereocenters. The Morgan fingerprint density at radius 1 is 1.00 bits per heavy atom. The topological polar surface area (TPSA) is 158 Å². The van der Waals surface area contributed by atoms with Crippen molar-refractivity contribution in [2.45, 2.75) is 0 Å². The Hall–Kier alpha value is -5.76. The fourth-order valence-electron chi connectivity index (χ4n) is 5.20. The van der Waals surface area contributed by atoms with Crippen molar-refractivity contribution in [3.8, 4) is 39.7 Å². The van der Waals surface area contributed by atoms with E-state index in [4.69, 9.17) is 13.6 Å². The predicted octanol–water partition coefficient (Wildman–Crippen LogP) is 6.39. The number of nitrogens with zero attached hydrogens (tertiary/aromatic N) is 3. The maximum Gasteiger partial charge on any atom is 0.298 e. The average Bonchev–Trinajstić information content (AvgIpc) is 3.64. The number of carbonyl (C=O) groups is 1. The lowest BCUT2D eigenvalue weighted by Gasteiger charge is -2.21. The summed E-state index contributed by atoms with van der Waals surface area (Å²) in [4.78, 5) is 28.7. The fraction of sp³-hybridized carbons (Fsp3) is 0.125. The smallest absolute Gasteiger partial charge is 0.298 e. The third kappa shape index (κ3) is 5.17. The van der Waals surface area contributed by atoms with E-state index in [1.165, 1.54) is 63.7 Å². The monoisotopic (exact) mass is 644 g/mol. The highest BCUT2D eigenvalue weighted by Gasteiger charge is 2.27. The quantitative estimate of drug-likeness (QED) is 0.146. The van der Waals surface area contributed by atoms with E-state index in [2.05, 4.69) is 10.3 Å². The van der Waals surface area contributed by atoms with E-state index in [0.717, 1.165) is 10.6 Å². The van der Waals surface area contributed by atoms with Gasteiger partial charge in [-0.1, -0.05) is 12.1 Å². The van der Waals surface area contributed by atoms with Crippen LogP contribution in [0.5, 0.6) is 5.75 Å².